The zero-order valence-electron chi connectivity index (χ0n) is 13.8. The van der Waals surface area contributed by atoms with Gasteiger partial charge in [-0.05, 0) is 41.5 Å². The number of ether oxygens (including phenoxy) is 1. The van der Waals surface area contributed by atoms with Crippen molar-refractivity contribution in [2.45, 2.75) is 0 Å². The van der Waals surface area contributed by atoms with Gasteiger partial charge in [0.1, 0.15) is 11.5 Å². The van der Waals surface area contributed by atoms with Crippen molar-refractivity contribution >= 4 is 22.7 Å². The Morgan fingerprint density at radius 1 is 0.846 bits per heavy atom. The Bertz CT molecular complexity index is 1020. The van der Waals surface area contributed by atoms with Crippen LogP contribution >= 0.6 is 11.6 Å². The predicted molar refractivity (Wildman–Crippen MR) is 105 cm³/mol. The van der Waals surface area contributed by atoms with E-state index in [1.807, 2.05) is 72.8 Å². The van der Waals surface area contributed by atoms with Crippen LogP contribution in [0, 0.1) is 11.3 Å². The van der Waals surface area contributed by atoms with E-state index >= 15 is 0 Å². The molecule has 0 fully saturated rings. The molecule has 0 N–H and O–H groups in total. The van der Waals surface area contributed by atoms with Crippen molar-refractivity contribution in [2.75, 3.05) is 0 Å². The fraction of sp³-hybridized carbons (Fsp3) is 0. The van der Waals surface area contributed by atoms with Crippen LogP contribution in [0.2, 0.25) is 5.02 Å². The second kappa shape index (κ2) is 6.92. The third-order valence-corrected chi connectivity index (χ3v) is 4.52. The molecule has 3 aromatic rings. The highest BCUT2D eigenvalue weighted by atomic mass is 35.5. The molecule has 0 spiro atoms. The van der Waals surface area contributed by atoms with E-state index in [-0.39, 0.29) is 0 Å². The first-order chi connectivity index (χ1) is 12.8. The van der Waals surface area contributed by atoms with Gasteiger partial charge in [-0.3, -0.25) is 0 Å². The number of nitriles is 1. The first-order valence-corrected chi connectivity index (χ1v) is 8.59. The van der Waals surface area contributed by atoms with Gasteiger partial charge in [-0.15, -0.1) is 0 Å². The lowest BCUT2D eigenvalue weighted by Gasteiger charge is -2.22. The molecule has 1 heterocycles. The summed E-state index contributed by atoms with van der Waals surface area (Å²) in [7, 11) is 0. The SMILES string of the molecule is N#C/C(=C\C=C1c2ccccc2Oc2ccccc21)c1ccc(Cl)cc1. The highest BCUT2D eigenvalue weighted by Gasteiger charge is 2.20. The molecule has 124 valence electrons. The number of rotatable bonds is 2. The van der Waals surface area contributed by atoms with E-state index in [1.165, 1.54) is 0 Å². The van der Waals surface area contributed by atoms with Crippen LogP contribution in [0.4, 0.5) is 0 Å². The minimum absolute atomic E-state index is 0.579. The van der Waals surface area contributed by atoms with Crippen LogP contribution in [0.15, 0.2) is 84.9 Å². The highest BCUT2D eigenvalue weighted by molar-refractivity contribution is 6.30. The van der Waals surface area contributed by atoms with Crippen LogP contribution in [0.25, 0.3) is 11.1 Å². The van der Waals surface area contributed by atoms with Crippen molar-refractivity contribution in [1.82, 2.24) is 0 Å². The lowest BCUT2D eigenvalue weighted by atomic mass is 9.93. The molecule has 1 aliphatic heterocycles. The van der Waals surface area contributed by atoms with E-state index in [9.17, 15) is 5.26 Å². The summed E-state index contributed by atoms with van der Waals surface area (Å²) in [5.74, 6) is 1.63. The van der Waals surface area contributed by atoms with Crippen molar-refractivity contribution in [2.24, 2.45) is 0 Å². The quantitative estimate of drug-likeness (QED) is 0.385. The second-order valence-electron chi connectivity index (χ2n) is 5.87. The number of benzene rings is 3. The van der Waals surface area contributed by atoms with Crippen molar-refractivity contribution in [3.63, 3.8) is 0 Å². The molecule has 26 heavy (non-hydrogen) atoms. The van der Waals surface area contributed by atoms with Crippen LogP contribution in [-0.4, -0.2) is 0 Å². The Balaban J connectivity index is 1.84. The molecule has 0 saturated heterocycles. The van der Waals surface area contributed by atoms with Crippen LogP contribution < -0.4 is 4.74 Å². The molecular formula is C23H14ClNO. The molecule has 3 aromatic carbocycles. The average Bonchev–Trinajstić information content (AvgIpc) is 2.69. The second-order valence-corrected chi connectivity index (χ2v) is 6.31. The third kappa shape index (κ3) is 3.01. The largest absolute Gasteiger partial charge is 0.456 e. The summed E-state index contributed by atoms with van der Waals surface area (Å²) >= 11 is 5.94. The Hall–Kier alpha value is -3.28. The molecule has 1 aliphatic rings. The molecule has 0 aliphatic carbocycles. The maximum absolute atomic E-state index is 9.56. The summed E-state index contributed by atoms with van der Waals surface area (Å²) in [6, 6.07) is 25.4. The number of fused-ring (bicyclic) bond motifs is 2. The zero-order chi connectivity index (χ0) is 17.9. The van der Waals surface area contributed by atoms with Gasteiger partial charge < -0.3 is 4.74 Å². The van der Waals surface area contributed by atoms with E-state index < -0.39 is 0 Å². The average molecular weight is 356 g/mol. The number of halogens is 1. The van der Waals surface area contributed by atoms with Gasteiger partial charge in [-0.25, -0.2) is 0 Å². The van der Waals surface area contributed by atoms with Crippen molar-refractivity contribution in [3.8, 4) is 17.6 Å². The molecule has 0 atom stereocenters. The highest BCUT2D eigenvalue weighted by Crippen LogP contribution is 2.43. The van der Waals surface area contributed by atoms with Crippen LogP contribution in [0.3, 0.4) is 0 Å². The first kappa shape index (κ1) is 16.2. The summed E-state index contributed by atoms with van der Waals surface area (Å²) < 4.78 is 6.00. The monoisotopic (exact) mass is 355 g/mol. The number of para-hydroxylation sites is 2. The van der Waals surface area contributed by atoms with Crippen molar-refractivity contribution in [1.29, 1.82) is 5.26 Å². The number of nitrogens with zero attached hydrogens (tertiary/aromatic N) is 1. The summed E-state index contributed by atoms with van der Waals surface area (Å²) in [6.45, 7) is 0. The summed E-state index contributed by atoms with van der Waals surface area (Å²) in [4.78, 5) is 0. The van der Waals surface area contributed by atoms with E-state index in [1.54, 1.807) is 12.1 Å². The van der Waals surface area contributed by atoms with Gasteiger partial charge in [0, 0.05) is 16.1 Å². The smallest absolute Gasteiger partial charge is 0.135 e. The van der Waals surface area contributed by atoms with Gasteiger partial charge in [0.15, 0.2) is 0 Å². The van der Waals surface area contributed by atoms with Crippen molar-refractivity contribution in [3.05, 3.63) is 107 Å². The summed E-state index contributed by atoms with van der Waals surface area (Å²) in [5.41, 5.74) is 4.47. The van der Waals surface area contributed by atoms with Gasteiger partial charge in [-0.1, -0.05) is 66.2 Å². The molecular weight excluding hydrogens is 342 g/mol. The van der Waals surface area contributed by atoms with E-state index in [2.05, 4.69) is 6.07 Å². The van der Waals surface area contributed by atoms with E-state index in [4.69, 9.17) is 16.3 Å². The Kier molecular flexibility index (Phi) is 4.31. The standard InChI is InChI=1S/C23H14ClNO/c24-18-12-9-16(10-13-18)17(15-25)11-14-19-20-5-1-3-7-22(20)26-23-8-4-2-6-21(19)23/h1-14H/b17-11+. The van der Waals surface area contributed by atoms with Crippen molar-refractivity contribution < 1.29 is 4.74 Å². The van der Waals surface area contributed by atoms with Gasteiger partial charge in [0.05, 0.1) is 11.6 Å². The topological polar surface area (TPSA) is 33.0 Å². The Morgan fingerprint density at radius 3 is 2.00 bits per heavy atom. The van der Waals surface area contributed by atoms with Crippen LogP contribution in [0.1, 0.15) is 16.7 Å². The van der Waals surface area contributed by atoms with Crippen LogP contribution in [-0.2, 0) is 0 Å². The first-order valence-electron chi connectivity index (χ1n) is 8.21. The Morgan fingerprint density at radius 2 is 1.42 bits per heavy atom. The van der Waals surface area contributed by atoms with Gasteiger partial charge in [0.25, 0.3) is 0 Å². The van der Waals surface area contributed by atoms with E-state index in [0.717, 1.165) is 33.8 Å². The number of allylic oxidation sites excluding steroid dienone is 3. The Labute approximate surface area is 157 Å². The predicted octanol–water partition coefficient (Wildman–Crippen LogP) is 6.48. The van der Waals surface area contributed by atoms with E-state index in [0.29, 0.717) is 10.6 Å². The molecule has 0 radical (unpaired) electrons. The molecule has 2 nitrogen and oxygen atoms in total. The molecule has 0 bridgehead atoms. The van der Waals surface area contributed by atoms with Gasteiger partial charge >= 0.3 is 0 Å². The minimum atomic E-state index is 0.579. The maximum Gasteiger partial charge on any atom is 0.135 e. The maximum atomic E-state index is 9.56. The zero-order valence-corrected chi connectivity index (χ0v) is 14.6. The molecule has 0 amide bonds. The van der Waals surface area contributed by atoms with Crippen LogP contribution in [0.5, 0.6) is 11.5 Å². The lowest BCUT2D eigenvalue weighted by molar-refractivity contribution is 0.474. The minimum Gasteiger partial charge on any atom is -0.456 e. The number of hydrogen-bond donors (Lipinski definition) is 0. The third-order valence-electron chi connectivity index (χ3n) is 4.27. The fourth-order valence-corrected chi connectivity index (χ4v) is 3.12. The van der Waals surface area contributed by atoms with Gasteiger partial charge in [0.2, 0.25) is 0 Å². The number of hydrogen-bond acceptors (Lipinski definition) is 2. The normalized spacial score (nSPS) is 12.5. The molecule has 0 aromatic heterocycles. The molecule has 0 unspecified atom stereocenters. The lowest BCUT2D eigenvalue weighted by Crippen LogP contribution is -2.01. The summed E-state index contributed by atoms with van der Waals surface area (Å²) in [6.07, 6.45) is 3.82. The van der Waals surface area contributed by atoms with Gasteiger partial charge in [-0.2, -0.15) is 5.26 Å². The summed E-state index contributed by atoms with van der Waals surface area (Å²) in [5, 5.41) is 10.2. The molecule has 0 saturated carbocycles. The fourth-order valence-electron chi connectivity index (χ4n) is 2.99. The molecule has 4 rings (SSSR count). The molecule has 3 heteroatoms.